The maximum Gasteiger partial charge on any atom is 0.323 e. The fraction of sp³-hybridized carbons (Fsp3) is 0. The Kier molecular flexibility index (Phi) is 20.7. The summed E-state index contributed by atoms with van der Waals surface area (Å²) in [5.74, 6) is 0. The van der Waals surface area contributed by atoms with Crippen LogP contribution in [0.25, 0.3) is 0 Å². The van der Waals surface area contributed by atoms with E-state index in [4.69, 9.17) is 14.9 Å². The summed E-state index contributed by atoms with van der Waals surface area (Å²) in [4.78, 5) is 15.4. The molecule has 2 unspecified atom stereocenters. The summed E-state index contributed by atoms with van der Waals surface area (Å²) in [5, 5.41) is 7.33. The van der Waals surface area contributed by atoms with Crippen molar-refractivity contribution in [3.8, 4) is 0 Å². The van der Waals surface area contributed by atoms with Crippen LogP contribution in [0.3, 0.4) is 0 Å². The van der Waals surface area contributed by atoms with Crippen LogP contribution >= 0.6 is 16.5 Å². The van der Waals surface area contributed by atoms with E-state index in [2.05, 4.69) is 10.9 Å². The molecule has 0 saturated carbocycles. The number of rotatable bonds is 2. The van der Waals surface area contributed by atoms with Crippen molar-refractivity contribution in [1.29, 1.82) is 0 Å². The molecule has 1 radical (unpaired) electrons. The molecular weight excluding hydrogens is 246 g/mol. The van der Waals surface area contributed by atoms with Crippen LogP contribution < -0.4 is 0 Å². The molecule has 0 spiro atoms. The summed E-state index contributed by atoms with van der Waals surface area (Å²) in [5.41, 5.74) is 0. The van der Waals surface area contributed by atoms with Crippen LogP contribution in [0.5, 0.6) is 0 Å². The number of hydrogen-bond acceptors (Lipinski definition) is 4. The first kappa shape index (κ1) is 17.5. The van der Waals surface area contributed by atoms with Gasteiger partial charge in [0.2, 0.25) is 0 Å². The Labute approximate surface area is 75.3 Å². The smallest absolute Gasteiger partial charge is 0.323 e. The third kappa shape index (κ3) is 37.9. The molecule has 2 atom stereocenters. The van der Waals surface area contributed by atoms with Crippen molar-refractivity contribution < 1.29 is 45.4 Å². The molecule has 0 aromatic carbocycles. The Morgan fingerprint density at radius 3 is 1.45 bits per heavy atom. The van der Waals surface area contributed by atoms with Crippen LogP contribution in [0.2, 0.25) is 0 Å². The summed E-state index contributed by atoms with van der Waals surface area (Å²) in [6.45, 7) is 2.92. The molecule has 9 heteroatoms. The molecule has 0 rings (SSSR count). The van der Waals surface area contributed by atoms with Gasteiger partial charge in [-0.15, -0.1) is 0 Å². The second-order valence-corrected chi connectivity index (χ2v) is 2.70. The second kappa shape index (κ2) is 13.0. The molecule has 0 fully saturated rings. The van der Waals surface area contributed by atoms with Crippen molar-refractivity contribution >= 4 is 16.5 Å². The van der Waals surface area contributed by atoms with Crippen molar-refractivity contribution in [1.82, 2.24) is 0 Å². The number of aliphatic hydroxyl groups excluding tert-OH is 1. The SMILES string of the molecule is C=CO.O=[PH](O)O[PH](=O)O.[Cu]. The minimum absolute atomic E-state index is 0. The topological polar surface area (TPSA) is 104 Å². The van der Waals surface area contributed by atoms with Gasteiger partial charge >= 0.3 is 16.5 Å². The average molecular weight is 254 g/mol. The van der Waals surface area contributed by atoms with E-state index in [1.165, 1.54) is 0 Å². The second-order valence-electron chi connectivity index (χ2n) is 0.816. The van der Waals surface area contributed by atoms with Gasteiger partial charge in [0.25, 0.3) is 0 Å². The van der Waals surface area contributed by atoms with Gasteiger partial charge in [-0.3, -0.25) is 9.13 Å². The predicted octanol–water partition coefficient (Wildman–Crippen LogP) is 0.452. The average Bonchev–Trinajstić information content (AvgIpc) is 1.62. The van der Waals surface area contributed by atoms with Crippen molar-refractivity contribution in [3.05, 3.63) is 12.8 Å². The standard InChI is InChI=1S/C2H4O.Cu.H4O5P2/c1-2-3;;1-6(2)5-7(3)4/h2-3H,1H2;;6-7H,(H,1,2)(H,3,4). The van der Waals surface area contributed by atoms with Crippen LogP contribution in [0.4, 0.5) is 0 Å². The third-order valence-corrected chi connectivity index (χ3v) is 1.57. The van der Waals surface area contributed by atoms with E-state index in [1.54, 1.807) is 0 Å². The first-order valence-corrected chi connectivity index (χ1v) is 4.46. The van der Waals surface area contributed by atoms with Gasteiger partial charge in [0.15, 0.2) is 0 Å². The van der Waals surface area contributed by atoms with E-state index >= 15 is 0 Å². The molecule has 11 heavy (non-hydrogen) atoms. The Balaban J connectivity index is -0.000000140. The minimum Gasteiger partial charge on any atom is -0.516 e. The molecule has 0 aliphatic rings. The fourth-order valence-corrected chi connectivity index (χ4v) is 0.672. The van der Waals surface area contributed by atoms with Gasteiger partial charge in [-0.1, -0.05) is 6.58 Å². The number of aliphatic hydroxyl groups is 1. The summed E-state index contributed by atoms with van der Waals surface area (Å²) in [7, 11) is -6.40. The number of hydrogen-bond donors (Lipinski definition) is 3. The zero-order valence-electron chi connectivity index (χ0n) is 5.15. The first-order chi connectivity index (χ1) is 4.54. The Morgan fingerprint density at radius 2 is 1.45 bits per heavy atom. The third-order valence-electron chi connectivity index (χ3n) is 0.175. The molecule has 0 aliphatic carbocycles. The van der Waals surface area contributed by atoms with Gasteiger partial charge < -0.3 is 14.9 Å². The summed E-state index contributed by atoms with van der Waals surface area (Å²) >= 11 is 0. The molecule has 0 heterocycles. The van der Waals surface area contributed by atoms with E-state index < -0.39 is 16.5 Å². The molecule has 0 amide bonds. The van der Waals surface area contributed by atoms with Crippen LogP contribution in [0, 0.1) is 0 Å². The van der Waals surface area contributed by atoms with Crippen molar-refractivity contribution in [2.45, 2.75) is 0 Å². The fourth-order valence-electron chi connectivity index (χ4n) is 0.0747. The van der Waals surface area contributed by atoms with Gasteiger partial charge in [-0.25, -0.2) is 4.31 Å². The zero-order valence-corrected chi connectivity index (χ0v) is 8.09. The molecule has 0 bridgehead atoms. The zero-order chi connectivity index (χ0) is 8.57. The Hall–Kier alpha value is 0.399. The van der Waals surface area contributed by atoms with Crippen molar-refractivity contribution in [2.75, 3.05) is 0 Å². The van der Waals surface area contributed by atoms with Gasteiger partial charge in [0.05, 0.1) is 6.26 Å². The molecule has 0 aromatic heterocycles. The van der Waals surface area contributed by atoms with Gasteiger partial charge in [-0.2, -0.15) is 0 Å². The predicted molar refractivity (Wildman–Crippen MR) is 36.4 cm³/mol. The first-order valence-electron chi connectivity index (χ1n) is 1.93. The minimum atomic E-state index is -3.20. The molecule has 0 aromatic rings. The van der Waals surface area contributed by atoms with E-state index in [9.17, 15) is 9.13 Å². The monoisotopic (exact) mass is 253 g/mol. The van der Waals surface area contributed by atoms with E-state index in [-0.39, 0.29) is 17.1 Å². The van der Waals surface area contributed by atoms with E-state index in [1.807, 2.05) is 0 Å². The molecule has 73 valence electrons. The maximum absolute atomic E-state index is 9.44. The Bertz CT molecular complexity index is 125. The normalized spacial score (nSPS) is 12.9. The van der Waals surface area contributed by atoms with Crippen LogP contribution in [0.1, 0.15) is 0 Å². The van der Waals surface area contributed by atoms with E-state index in [0.717, 1.165) is 6.26 Å². The molecule has 0 saturated heterocycles. The van der Waals surface area contributed by atoms with Crippen molar-refractivity contribution in [3.63, 3.8) is 0 Å². The molecular formula is C2H8CuO6P2. The molecule has 0 aliphatic heterocycles. The summed E-state index contributed by atoms with van der Waals surface area (Å²) in [6, 6.07) is 0. The Morgan fingerprint density at radius 1 is 1.27 bits per heavy atom. The quantitative estimate of drug-likeness (QED) is 0.375. The summed E-state index contributed by atoms with van der Waals surface area (Å²) in [6.07, 6.45) is 0.750. The summed E-state index contributed by atoms with van der Waals surface area (Å²) < 4.78 is 22.3. The van der Waals surface area contributed by atoms with Crippen LogP contribution in [-0.2, 0) is 30.5 Å². The molecule has 6 nitrogen and oxygen atoms in total. The van der Waals surface area contributed by atoms with Crippen LogP contribution in [-0.4, -0.2) is 14.9 Å². The van der Waals surface area contributed by atoms with Crippen LogP contribution in [0.15, 0.2) is 12.8 Å². The van der Waals surface area contributed by atoms with Gasteiger partial charge in [0, 0.05) is 17.1 Å². The van der Waals surface area contributed by atoms with Gasteiger partial charge in [-0.05, 0) is 0 Å². The maximum atomic E-state index is 9.44. The van der Waals surface area contributed by atoms with Crippen molar-refractivity contribution in [2.24, 2.45) is 0 Å². The van der Waals surface area contributed by atoms with E-state index in [0.29, 0.717) is 0 Å². The molecule has 3 N–H and O–H groups in total. The largest absolute Gasteiger partial charge is 0.516 e. The van der Waals surface area contributed by atoms with Gasteiger partial charge in [0.1, 0.15) is 0 Å².